The molecule has 0 aliphatic heterocycles. The van der Waals surface area contributed by atoms with E-state index in [0.29, 0.717) is 5.75 Å². The number of hydrogen-bond acceptors (Lipinski definition) is 3. The zero-order chi connectivity index (χ0) is 15.3. The van der Waals surface area contributed by atoms with Crippen LogP contribution < -0.4 is 10.1 Å². The number of nitriles is 1. The molecule has 0 aliphatic rings. The van der Waals surface area contributed by atoms with Crippen molar-refractivity contribution in [1.82, 2.24) is 5.32 Å². The summed E-state index contributed by atoms with van der Waals surface area (Å²) >= 11 is 0. The van der Waals surface area contributed by atoms with Crippen molar-refractivity contribution in [3.8, 4) is 11.8 Å². The van der Waals surface area contributed by atoms with Crippen LogP contribution in [0.4, 0.5) is 0 Å². The lowest BCUT2D eigenvalue weighted by molar-refractivity contribution is -0.124. The van der Waals surface area contributed by atoms with Gasteiger partial charge < -0.3 is 10.1 Å². The Balaban J connectivity index is 2.62. The Morgan fingerprint density at radius 3 is 2.60 bits per heavy atom. The van der Waals surface area contributed by atoms with Gasteiger partial charge >= 0.3 is 0 Å². The first-order chi connectivity index (χ1) is 9.28. The number of aryl methyl sites for hydroxylation is 2. The minimum atomic E-state index is -0.872. The van der Waals surface area contributed by atoms with E-state index in [1.54, 1.807) is 6.92 Å². The summed E-state index contributed by atoms with van der Waals surface area (Å²) in [5.74, 6) is 0.425. The molecule has 0 radical (unpaired) electrons. The molecule has 0 aromatic heterocycles. The van der Waals surface area contributed by atoms with Crippen LogP contribution in [-0.2, 0) is 4.79 Å². The van der Waals surface area contributed by atoms with E-state index in [1.807, 2.05) is 45.9 Å². The molecule has 108 valence electrons. The summed E-state index contributed by atoms with van der Waals surface area (Å²) in [4.78, 5) is 11.9. The first-order valence-electron chi connectivity index (χ1n) is 6.71. The predicted octanol–water partition coefficient (Wildman–Crippen LogP) is 2.74. The molecule has 20 heavy (non-hydrogen) atoms. The summed E-state index contributed by atoms with van der Waals surface area (Å²) < 4.78 is 5.50. The van der Waals surface area contributed by atoms with E-state index < -0.39 is 5.54 Å². The highest BCUT2D eigenvalue weighted by molar-refractivity contribution is 5.78. The van der Waals surface area contributed by atoms with E-state index >= 15 is 0 Å². The molecule has 0 aliphatic carbocycles. The summed E-state index contributed by atoms with van der Waals surface area (Å²) in [6, 6.07) is 7.93. The molecule has 0 saturated heterocycles. The number of benzene rings is 1. The molecule has 0 heterocycles. The zero-order valence-corrected chi connectivity index (χ0v) is 12.8. The van der Waals surface area contributed by atoms with Gasteiger partial charge in [-0.2, -0.15) is 5.26 Å². The number of rotatable bonds is 5. The monoisotopic (exact) mass is 274 g/mol. The normalized spacial score (nSPS) is 13.4. The Hall–Kier alpha value is -2.02. The average molecular weight is 274 g/mol. The molecule has 4 nitrogen and oxygen atoms in total. The lowest BCUT2D eigenvalue weighted by Gasteiger charge is -2.27. The highest BCUT2D eigenvalue weighted by atomic mass is 16.5. The highest BCUT2D eigenvalue weighted by Crippen LogP contribution is 2.19. The van der Waals surface area contributed by atoms with Crippen molar-refractivity contribution < 1.29 is 9.53 Å². The van der Waals surface area contributed by atoms with Gasteiger partial charge in [-0.15, -0.1) is 0 Å². The quantitative estimate of drug-likeness (QED) is 0.898. The first kappa shape index (κ1) is 16.0. The number of amides is 1. The van der Waals surface area contributed by atoms with Crippen molar-refractivity contribution in [3.05, 3.63) is 29.3 Å². The SMILES string of the molecule is Cc1ccc(OCC(=O)NC(C)(C#N)C(C)C)c(C)c1. The number of hydrogen-bond donors (Lipinski definition) is 1. The Bertz CT molecular complexity index is 532. The van der Waals surface area contributed by atoms with Gasteiger partial charge in [0.05, 0.1) is 6.07 Å². The van der Waals surface area contributed by atoms with E-state index in [9.17, 15) is 4.79 Å². The van der Waals surface area contributed by atoms with Gasteiger partial charge in [0.25, 0.3) is 5.91 Å². The molecule has 1 atom stereocenters. The minimum Gasteiger partial charge on any atom is -0.484 e. The summed E-state index contributed by atoms with van der Waals surface area (Å²) in [5.41, 5.74) is 1.27. The van der Waals surface area contributed by atoms with Crippen molar-refractivity contribution in [2.75, 3.05) is 6.61 Å². The fourth-order valence-electron chi connectivity index (χ4n) is 1.73. The van der Waals surface area contributed by atoms with Gasteiger partial charge in [-0.3, -0.25) is 4.79 Å². The molecule has 4 heteroatoms. The molecular formula is C16H22N2O2. The zero-order valence-electron chi connectivity index (χ0n) is 12.8. The van der Waals surface area contributed by atoms with Gasteiger partial charge in [-0.1, -0.05) is 31.5 Å². The number of carbonyl (C=O) groups excluding carboxylic acids is 1. The average Bonchev–Trinajstić information content (AvgIpc) is 2.37. The van der Waals surface area contributed by atoms with Crippen LogP contribution in [0.2, 0.25) is 0 Å². The Morgan fingerprint density at radius 2 is 2.10 bits per heavy atom. The van der Waals surface area contributed by atoms with E-state index in [4.69, 9.17) is 10.00 Å². The van der Waals surface area contributed by atoms with Crippen LogP contribution in [0.1, 0.15) is 31.9 Å². The van der Waals surface area contributed by atoms with Gasteiger partial charge in [-0.25, -0.2) is 0 Å². The molecule has 1 aromatic carbocycles. The van der Waals surface area contributed by atoms with E-state index in [1.165, 1.54) is 0 Å². The first-order valence-corrected chi connectivity index (χ1v) is 6.71. The number of nitrogens with one attached hydrogen (secondary N) is 1. The van der Waals surface area contributed by atoms with Gasteiger partial charge in [0.2, 0.25) is 0 Å². The molecule has 0 bridgehead atoms. The third-order valence-corrected chi connectivity index (χ3v) is 3.48. The maximum Gasteiger partial charge on any atom is 0.259 e. The molecule has 0 spiro atoms. The lowest BCUT2D eigenvalue weighted by Crippen LogP contribution is -2.50. The Morgan fingerprint density at radius 1 is 1.45 bits per heavy atom. The summed E-state index contributed by atoms with van der Waals surface area (Å²) in [7, 11) is 0. The summed E-state index contributed by atoms with van der Waals surface area (Å²) in [6.07, 6.45) is 0. The van der Waals surface area contributed by atoms with Crippen molar-refractivity contribution >= 4 is 5.91 Å². The molecule has 1 unspecified atom stereocenters. The van der Waals surface area contributed by atoms with Gasteiger partial charge in [0, 0.05) is 0 Å². The highest BCUT2D eigenvalue weighted by Gasteiger charge is 2.29. The van der Waals surface area contributed by atoms with Crippen LogP contribution in [0.5, 0.6) is 5.75 Å². The van der Waals surface area contributed by atoms with Gasteiger partial charge in [-0.05, 0) is 38.3 Å². The Kier molecular flexibility index (Phi) is 5.15. The number of carbonyl (C=O) groups is 1. The van der Waals surface area contributed by atoms with Crippen LogP contribution in [0.3, 0.4) is 0 Å². The predicted molar refractivity (Wildman–Crippen MR) is 78.4 cm³/mol. The van der Waals surface area contributed by atoms with Crippen LogP contribution in [0, 0.1) is 31.1 Å². The van der Waals surface area contributed by atoms with E-state index in [0.717, 1.165) is 11.1 Å². The van der Waals surface area contributed by atoms with Crippen LogP contribution in [0.15, 0.2) is 18.2 Å². The molecule has 0 fully saturated rings. The van der Waals surface area contributed by atoms with Crippen LogP contribution >= 0.6 is 0 Å². The fraction of sp³-hybridized carbons (Fsp3) is 0.500. The third-order valence-electron chi connectivity index (χ3n) is 3.48. The number of nitrogens with zero attached hydrogens (tertiary/aromatic N) is 1. The van der Waals surface area contributed by atoms with Crippen LogP contribution in [-0.4, -0.2) is 18.1 Å². The largest absolute Gasteiger partial charge is 0.484 e. The summed E-state index contributed by atoms with van der Waals surface area (Å²) in [6.45, 7) is 9.36. The maximum atomic E-state index is 11.9. The molecule has 1 N–H and O–H groups in total. The van der Waals surface area contributed by atoms with Gasteiger partial charge in [0.1, 0.15) is 11.3 Å². The second kappa shape index (κ2) is 6.42. The van der Waals surface area contributed by atoms with Crippen molar-refractivity contribution in [2.45, 2.75) is 40.2 Å². The molecular weight excluding hydrogens is 252 g/mol. The molecule has 1 rings (SSSR count). The topological polar surface area (TPSA) is 62.1 Å². The van der Waals surface area contributed by atoms with Crippen molar-refractivity contribution in [2.24, 2.45) is 5.92 Å². The minimum absolute atomic E-state index is 0.0255. The van der Waals surface area contributed by atoms with Crippen molar-refractivity contribution in [1.29, 1.82) is 5.26 Å². The third kappa shape index (κ3) is 3.99. The molecule has 1 aromatic rings. The lowest BCUT2D eigenvalue weighted by atomic mass is 9.90. The second-order valence-corrected chi connectivity index (χ2v) is 5.57. The Labute approximate surface area is 120 Å². The maximum absolute atomic E-state index is 11.9. The second-order valence-electron chi connectivity index (χ2n) is 5.57. The van der Waals surface area contributed by atoms with E-state index in [2.05, 4.69) is 11.4 Å². The molecule has 0 saturated carbocycles. The smallest absolute Gasteiger partial charge is 0.259 e. The van der Waals surface area contributed by atoms with E-state index in [-0.39, 0.29) is 18.4 Å². The number of ether oxygens (including phenoxy) is 1. The fourth-order valence-corrected chi connectivity index (χ4v) is 1.73. The molecule has 1 amide bonds. The standard InChI is InChI=1S/C16H22N2O2/c1-11(2)16(5,10-17)18-15(19)9-20-14-7-6-12(3)8-13(14)4/h6-8,11H,9H2,1-5H3,(H,18,19). The van der Waals surface area contributed by atoms with Crippen LogP contribution in [0.25, 0.3) is 0 Å². The van der Waals surface area contributed by atoms with Gasteiger partial charge in [0.15, 0.2) is 6.61 Å². The summed E-state index contributed by atoms with van der Waals surface area (Å²) in [5, 5.41) is 11.9. The van der Waals surface area contributed by atoms with Crippen molar-refractivity contribution in [3.63, 3.8) is 0 Å².